The third-order valence-corrected chi connectivity index (χ3v) is 8.19. The Hall–Kier alpha value is -3.60. The summed E-state index contributed by atoms with van der Waals surface area (Å²) in [4.78, 5) is 47.9. The van der Waals surface area contributed by atoms with E-state index in [1.165, 1.54) is 6.92 Å². The molecule has 11 heteroatoms. The van der Waals surface area contributed by atoms with Crippen LogP contribution in [0.15, 0.2) is 24.0 Å². The van der Waals surface area contributed by atoms with Crippen LogP contribution in [-0.2, 0) is 40.5 Å². The Morgan fingerprint density at radius 2 is 2.03 bits per heavy atom. The Balaban J connectivity index is 1.38. The first-order valence-corrected chi connectivity index (χ1v) is 12.3. The Kier molecular flexibility index (Phi) is 5.93. The first kappa shape index (κ1) is 25.1. The number of phenolic OH excluding ortho intramolecular Hbond substituents is 1. The molecule has 4 aliphatic rings. The number of benzene rings is 1. The van der Waals surface area contributed by atoms with Crippen LogP contribution in [0, 0.1) is 5.92 Å². The van der Waals surface area contributed by atoms with Gasteiger partial charge >= 0.3 is 17.9 Å². The van der Waals surface area contributed by atoms with E-state index < -0.39 is 59.5 Å². The molecule has 1 heterocycles. The van der Waals surface area contributed by atoms with Crippen molar-refractivity contribution in [3.8, 4) is 11.5 Å². The third kappa shape index (κ3) is 3.75. The van der Waals surface area contributed by atoms with Gasteiger partial charge in [0, 0.05) is 12.5 Å². The largest absolute Gasteiger partial charge is 0.504 e. The van der Waals surface area contributed by atoms with Gasteiger partial charge in [-0.25, -0.2) is 4.79 Å². The number of amides is 1. The summed E-state index contributed by atoms with van der Waals surface area (Å²) < 4.78 is 16.5. The summed E-state index contributed by atoms with van der Waals surface area (Å²) in [6, 6.07) is 1.79. The molecular formula is C26H29NO10. The van der Waals surface area contributed by atoms with Gasteiger partial charge in [-0.15, -0.1) is 0 Å². The van der Waals surface area contributed by atoms with Crippen molar-refractivity contribution in [1.29, 1.82) is 0 Å². The van der Waals surface area contributed by atoms with E-state index in [0.717, 1.165) is 30.9 Å². The fourth-order valence-corrected chi connectivity index (χ4v) is 6.66. The summed E-state index contributed by atoms with van der Waals surface area (Å²) in [5.41, 5.74) is -0.287. The van der Waals surface area contributed by atoms with E-state index in [1.54, 1.807) is 12.1 Å². The van der Waals surface area contributed by atoms with Gasteiger partial charge in [0.15, 0.2) is 23.7 Å². The number of carboxylic acid groups (broad SMARTS) is 1. The van der Waals surface area contributed by atoms with Crippen molar-refractivity contribution in [1.82, 2.24) is 5.32 Å². The van der Waals surface area contributed by atoms with E-state index in [9.17, 15) is 34.5 Å². The van der Waals surface area contributed by atoms with Crippen LogP contribution in [0.1, 0.15) is 57.1 Å². The standard InChI is InChI=1S/C26H29NO10/c1-12(35-13(2)28)23(31)27-16(24(32)33)11-19(30)36-18-7-9-26(34)15-4-3-8-25(26)20-14(10-15)5-6-17(29)21(20)37-22(18)25/h5-7,12,15-16,22,29,34H,3-4,8-11H2,1-2H3,(H,27,31)(H,32,33)/t12-,15+,16-,22-,25-,26+/m0/s1. The topological polar surface area (TPSA) is 169 Å². The molecule has 0 unspecified atom stereocenters. The van der Waals surface area contributed by atoms with Gasteiger partial charge in [0.25, 0.3) is 5.91 Å². The van der Waals surface area contributed by atoms with E-state index in [0.29, 0.717) is 12.8 Å². The number of aliphatic carboxylic acids is 1. The van der Waals surface area contributed by atoms with Gasteiger partial charge in [0.05, 0.1) is 17.4 Å². The molecule has 4 N–H and O–H groups in total. The zero-order valence-electron chi connectivity index (χ0n) is 20.5. The van der Waals surface area contributed by atoms with E-state index in [1.807, 2.05) is 6.07 Å². The minimum atomic E-state index is -1.62. The smallest absolute Gasteiger partial charge is 0.326 e. The van der Waals surface area contributed by atoms with Gasteiger partial charge in [-0.05, 0) is 56.2 Å². The average molecular weight is 516 g/mol. The van der Waals surface area contributed by atoms with Crippen molar-refractivity contribution in [3.63, 3.8) is 0 Å². The number of carbonyl (C=O) groups is 4. The summed E-state index contributed by atoms with van der Waals surface area (Å²) in [5.74, 6) is -3.63. The number of hydrogen-bond acceptors (Lipinski definition) is 9. The Bertz CT molecular complexity index is 1220. The normalized spacial score (nSPS) is 30.1. The van der Waals surface area contributed by atoms with Gasteiger partial charge in [-0.3, -0.25) is 14.4 Å². The number of hydrogen-bond donors (Lipinski definition) is 4. The lowest BCUT2D eigenvalue weighted by Crippen LogP contribution is -2.67. The number of aromatic hydroxyl groups is 1. The second-order valence-electron chi connectivity index (χ2n) is 10.3. The highest BCUT2D eigenvalue weighted by atomic mass is 16.6. The second-order valence-corrected chi connectivity index (χ2v) is 10.3. The van der Waals surface area contributed by atoms with Gasteiger partial charge in [-0.2, -0.15) is 0 Å². The maximum Gasteiger partial charge on any atom is 0.326 e. The maximum absolute atomic E-state index is 12.9. The average Bonchev–Trinajstić information content (AvgIpc) is 3.16. The van der Waals surface area contributed by atoms with Crippen LogP contribution in [0.4, 0.5) is 0 Å². The number of esters is 2. The van der Waals surface area contributed by atoms with Crippen LogP contribution in [0.3, 0.4) is 0 Å². The molecule has 1 fully saturated rings. The molecule has 5 rings (SSSR count). The van der Waals surface area contributed by atoms with E-state index in [2.05, 4.69) is 5.32 Å². The molecule has 37 heavy (non-hydrogen) atoms. The third-order valence-electron chi connectivity index (χ3n) is 8.19. The SMILES string of the molecule is CC(=O)O[C@@H](C)C(=O)N[C@@H](CC(=O)OC1=CC[C@@]2(O)[C@@H]3CCC[C@@]24c2c(ccc(O)c2O[C@@H]14)C3)C(=O)O. The number of rotatable bonds is 7. The molecule has 1 amide bonds. The number of carbonyl (C=O) groups excluding carboxylic acids is 3. The van der Waals surface area contributed by atoms with Crippen molar-refractivity contribution in [3.05, 3.63) is 35.1 Å². The number of phenols is 1. The van der Waals surface area contributed by atoms with Crippen molar-refractivity contribution in [2.75, 3.05) is 0 Å². The summed E-state index contributed by atoms with van der Waals surface area (Å²) in [7, 11) is 0. The van der Waals surface area contributed by atoms with E-state index in [4.69, 9.17) is 14.2 Å². The monoisotopic (exact) mass is 515 g/mol. The van der Waals surface area contributed by atoms with Gasteiger partial charge in [0.1, 0.15) is 11.8 Å². The van der Waals surface area contributed by atoms with E-state index in [-0.39, 0.29) is 29.6 Å². The molecular weight excluding hydrogens is 486 g/mol. The molecule has 3 aliphatic carbocycles. The number of nitrogens with one attached hydrogen (secondary N) is 1. The van der Waals surface area contributed by atoms with Crippen LogP contribution >= 0.6 is 0 Å². The van der Waals surface area contributed by atoms with Crippen molar-refractivity contribution in [2.24, 2.45) is 5.92 Å². The van der Waals surface area contributed by atoms with Crippen LogP contribution in [0.2, 0.25) is 0 Å². The molecule has 0 saturated heterocycles. The first-order chi connectivity index (χ1) is 17.5. The highest BCUT2D eigenvalue weighted by Crippen LogP contribution is 2.67. The molecule has 1 saturated carbocycles. The van der Waals surface area contributed by atoms with Crippen molar-refractivity contribution < 1.29 is 48.7 Å². The Labute approximate surface area is 212 Å². The minimum absolute atomic E-state index is 0.0188. The quantitative estimate of drug-likeness (QED) is 0.387. The lowest BCUT2D eigenvalue weighted by Gasteiger charge is -2.59. The fourth-order valence-electron chi connectivity index (χ4n) is 6.66. The number of carboxylic acids is 1. The van der Waals surface area contributed by atoms with Crippen molar-refractivity contribution >= 4 is 23.8 Å². The lowest BCUT2D eigenvalue weighted by atomic mass is 9.47. The molecule has 1 aromatic carbocycles. The molecule has 0 radical (unpaired) electrons. The van der Waals surface area contributed by atoms with Crippen LogP contribution < -0.4 is 10.1 Å². The van der Waals surface area contributed by atoms with Gasteiger partial charge < -0.3 is 34.8 Å². The molecule has 6 atom stereocenters. The highest BCUT2D eigenvalue weighted by Gasteiger charge is 2.70. The Morgan fingerprint density at radius 3 is 2.73 bits per heavy atom. The fraction of sp³-hybridized carbons (Fsp3) is 0.538. The highest BCUT2D eigenvalue weighted by molar-refractivity contribution is 5.89. The van der Waals surface area contributed by atoms with E-state index >= 15 is 0 Å². The molecule has 1 aliphatic heterocycles. The lowest BCUT2D eigenvalue weighted by molar-refractivity contribution is -0.161. The minimum Gasteiger partial charge on any atom is -0.504 e. The van der Waals surface area contributed by atoms with Crippen LogP contribution in [-0.4, -0.2) is 63.0 Å². The molecule has 11 nitrogen and oxygen atoms in total. The van der Waals surface area contributed by atoms with Gasteiger partial charge in [0.2, 0.25) is 0 Å². The maximum atomic E-state index is 12.9. The second kappa shape index (κ2) is 8.76. The first-order valence-electron chi connectivity index (χ1n) is 12.3. The molecule has 2 bridgehead atoms. The molecule has 0 aromatic heterocycles. The summed E-state index contributed by atoms with van der Waals surface area (Å²) in [6.45, 7) is 2.39. The van der Waals surface area contributed by atoms with Crippen LogP contribution in [0.5, 0.6) is 11.5 Å². The van der Waals surface area contributed by atoms with Crippen molar-refractivity contribution in [2.45, 2.75) is 81.6 Å². The number of ether oxygens (including phenoxy) is 3. The molecule has 1 spiro atoms. The van der Waals surface area contributed by atoms with Gasteiger partial charge in [-0.1, -0.05) is 12.5 Å². The predicted molar refractivity (Wildman–Crippen MR) is 124 cm³/mol. The molecule has 198 valence electrons. The zero-order valence-corrected chi connectivity index (χ0v) is 20.5. The summed E-state index contributed by atoms with van der Waals surface area (Å²) in [5, 5.41) is 34.2. The molecule has 1 aromatic rings. The summed E-state index contributed by atoms with van der Waals surface area (Å²) in [6.07, 6.45) is 1.91. The zero-order chi connectivity index (χ0) is 26.7. The predicted octanol–water partition coefficient (Wildman–Crippen LogP) is 1.22. The van der Waals surface area contributed by atoms with Crippen LogP contribution in [0.25, 0.3) is 0 Å². The number of aliphatic hydroxyl groups is 1. The summed E-state index contributed by atoms with van der Waals surface area (Å²) >= 11 is 0. The Morgan fingerprint density at radius 1 is 1.27 bits per heavy atom.